The van der Waals surface area contributed by atoms with Crippen molar-refractivity contribution in [3.05, 3.63) is 53.1 Å². The maximum absolute atomic E-state index is 12.3. The lowest BCUT2D eigenvalue weighted by atomic mass is 10.1. The Balaban J connectivity index is 2.03. The van der Waals surface area contributed by atoms with Crippen molar-refractivity contribution in [1.82, 2.24) is 4.72 Å². The molecule has 5 nitrogen and oxygen atoms in total. The molecule has 0 aliphatic heterocycles. The Labute approximate surface area is 149 Å². The molecule has 0 heterocycles. The second-order valence-corrected chi connectivity index (χ2v) is 7.08. The van der Waals surface area contributed by atoms with Crippen LogP contribution in [0.5, 0.6) is 11.5 Å². The smallest absolute Gasteiger partial charge is 0.387 e. The first kappa shape index (κ1) is 19.4. The second-order valence-electron chi connectivity index (χ2n) is 4.94. The molecule has 2 aromatic carbocycles. The highest BCUT2D eigenvalue weighted by Gasteiger charge is 2.17. The van der Waals surface area contributed by atoms with E-state index in [1.807, 2.05) is 0 Å². The van der Waals surface area contributed by atoms with Crippen LogP contribution < -0.4 is 14.2 Å². The third-order valence-electron chi connectivity index (χ3n) is 3.28. The largest absolute Gasteiger partial charge is 0.493 e. The Morgan fingerprint density at radius 2 is 1.88 bits per heavy atom. The van der Waals surface area contributed by atoms with Crippen molar-refractivity contribution in [2.24, 2.45) is 0 Å². The molecule has 0 radical (unpaired) electrons. The molecule has 0 atom stereocenters. The van der Waals surface area contributed by atoms with Gasteiger partial charge in [0.25, 0.3) is 0 Å². The fraction of sp³-hybridized carbons (Fsp3) is 0.250. The molecule has 136 valence electrons. The van der Waals surface area contributed by atoms with Crippen LogP contribution in [0.3, 0.4) is 0 Å². The summed E-state index contributed by atoms with van der Waals surface area (Å²) in [6.07, 6.45) is 0.328. The van der Waals surface area contributed by atoms with E-state index in [2.05, 4.69) is 9.46 Å². The molecule has 1 N–H and O–H groups in total. The number of nitrogens with one attached hydrogen (secondary N) is 1. The zero-order valence-electron chi connectivity index (χ0n) is 13.2. The molecule has 0 aromatic heterocycles. The van der Waals surface area contributed by atoms with Crippen molar-refractivity contribution in [1.29, 1.82) is 0 Å². The molecule has 9 heteroatoms. The molecule has 0 saturated heterocycles. The van der Waals surface area contributed by atoms with Crippen LogP contribution in [0.25, 0.3) is 0 Å². The molecule has 2 rings (SSSR count). The predicted octanol–water partition coefficient (Wildman–Crippen LogP) is 3.47. The number of rotatable bonds is 8. The fourth-order valence-corrected chi connectivity index (χ4v) is 3.68. The number of hydrogen-bond donors (Lipinski definition) is 1. The van der Waals surface area contributed by atoms with Crippen LogP contribution in [-0.4, -0.2) is 28.7 Å². The molecule has 0 amide bonds. The van der Waals surface area contributed by atoms with Gasteiger partial charge >= 0.3 is 6.61 Å². The van der Waals surface area contributed by atoms with Gasteiger partial charge in [-0.25, -0.2) is 13.1 Å². The fourth-order valence-electron chi connectivity index (χ4n) is 2.13. The molecule has 25 heavy (non-hydrogen) atoms. The molecular weight excluding hydrogens is 376 g/mol. The Morgan fingerprint density at radius 1 is 1.16 bits per heavy atom. The third-order valence-corrected chi connectivity index (χ3v) is 5.24. The van der Waals surface area contributed by atoms with Crippen molar-refractivity contribution in [3.63, 3.8) is 0 Å². The van der Waals surface area contributed by atoms with Gasteiger partial charge in [-0.15, -0.1) is 0 Å². The number of alkyl halides is 2. The Bertz CT molecular complexity index is 831. The van der Waals surface area contributed by atoms with Gasteiger partial charge in [-0.05, 0) is 36.2 Å². The third kappa shape index (κ3) is 5.29. The number of benzene rings is 2. The van der Waals surface area contributed by atoms with Gasteiger partial charge < -0.3 is 9.47 Å². The number of methoxy groups -OCH3 is 1. The quantitative estimate of drug-likeness (QED) is 0.748. The minimum absolute atomic E-state index is 0.00470. The van der Waals surface area contributed by atoms with E-state index in [1.54, 1.807) is 18.2 Å². The summed E-state index contributed by atoms with van der Waals surface area (Å²) in [5, 5.41) is 0.130. The minimum atomic E-state index is -3.74. The van der Waals surface area contributed by atoms with Gasteiger partial charge in [-0.1, -0.05) is 29.8 Å². The number of sulfonamides is 1. The monoisotopic (exact) mass is 391 g/mol. The van der Waals surface area contributed by atoms with Crippen LogP contribution in [0.15, 0.2) is 47.4 Å². The van der Waals surface area contributed by atoms with Crippen molar-refractivity contribution in [2.75, 3.05) is 13.7 Å². The molecule has 0 fully saturated rings. The van der Waals surface area contributed by atoms with Crippen LogP contribution in [0.2, 0.25) is 5.02 Å². The number of ether oxygens (including phenoxy) is 2. The zero-order chi connectivity index (χ0) is 18.4. The lowest BCUT2D eigenvalue weighted by Gasteiger charge is -2.12. The summed E-state index contributed by atoms with van der Waals surface area (Å²) in [5.74, 6) is 0.0599. The van der Waals surface area contributed by atoms with E-state index >= 15 is 0 Å². The van der Waals surface area contributed by atoms with Crippen molar-refractivity contribution >= 4 is 21.6 Å². The van der Waals surface area contributed by atoms with E-state index in [1.165, 1.54) is 31.4 Å². The summed E-state index contributed by atoms with van der Waals surface area (Å²) < 4.78 is 60.8. The van der Waals surface area contributed by atoms with Gasteiger partial charge in [-0.2, -0.15) is 8.78 Å². The van der Waals surface area contributed by atoms with Gasteiger partial charge in [0, 0.05) is 6.54 Å². The van der Waals surface area contributed by atoms with Gasteiger partial charge in [0.05, 0.1) is 12.1 Å². The summed E-state index contributed by atoms with van der Waals surface area (Å²) in [5.41, 5.74) is 0.695. The van der Waals surface area contributed by atoms with Gasteiger partial charge in [0.15, 0.2) is 11.5 Å². The first-order valence-electron chi connectivity index (χ1n) is 7.19. The predicted molar refractivity (Wildman–Crippen MR) is 90.0 cm³/mol. The summed E-state index contributed by atoms with van der Waals surface area (Å²) in [7, 11) is -2.41. The molecule has 0 spiro atoms. The lowest BCUT2D eigenvalue weighted by Crippen LogP contribution is -2.26. The molecule has 0 bridgehead atoms. The van der Waals surface area contributed by atoms with Crippen molar-refractivity contribution in [3.8, 4) is 11.5 Å². The highest BCUT2D eigenvalue weighted by atomic mass is 35.5. The van der Waals surface area contributed by atoms with E-state index in [9.17, 15) is 17.2 Å². The average molecular weight is 392 g/mol. The minimum Gasteiger partial charge on any atom is -0.493 e. The highest BCUT2D eigenvalue weighted by molar-refractivity contribution is 7.89. The van der Waals surface area contributed by atoms with E-state index in [0.29, 0.717) is 12.0 Å². The van der Waals surface area contributed by atoms with Crippen LogP contribution >= 0.6 is 11.6 Å². The molecule has 0 unspecified atom stereocenters. The Hall–Kier alpha value is -1.90. The SMILES string of the molecule is COc1cc(CCNS(=O)(=O)c2ccccc2Cl)ccc1OC(F)F. The maximum Gasteiger partial charge on any atom is 0.387 e. The lowest BCUT2D eigenvalue weighted by molar-refractivity contribution is -0.0512. The van der Waals surface area contributed by atoms with Gasteiger partial charge in [-0.3, -0.25) is 0 Å². The second kappa shape index (κ2) is 8.46. The summed E-state index contributed by atoms with van der Waals surface area (Å²) in [6.45, 7) is -2.85. The normalized spacial score (nSPS) is 11.6. The summed E-state index contributed by atoms with van der Waals surface area (Å²) in [6, 6.07) is 10.5. The first-order valence-corrected chi connectivity index (χ1v) is 9.05. The molecule has 2 aromatic rings. The Morgan fingerprint density at radius 3 is 2.52 bits per heavy atom. The van der Waals surface area contributed by atoms with Crippen molar-refractivity contribution in [2.45, 2.75) is 17.9 Å². The van der Waals surface area contributed by atoms with E-state index < -0.39 is 16.6 Å². The molecule has 0 saturated carbocycles. The summed E-state index contributed by atoms with van der Waals surface area (Å²) in [4.78, 5) is -0.00470. The van der Waals surface area contributed by atoms with Crippen LogP contribution in [-0.2, 0) is 16.4 Å². The van der Waals surface area contributed by atoms with Crippen LogP contribution in [0, 0.1) is 0 Å². The van der Waals surface area contributed by atoms with E-state index in [-0.39, 0.29) is 28.0 Å². The topological polar surface area (TPSA) is 64.6 Å². The number of hydrogen-bond acceptors (Lipinski definition) is 4. The summed E-state index contributed by atoms with van der Waals surface area (Å²) >= 11 is 5.89. The van der Waals surface area contributed by atoms with Crippen molar-refractivity contribution < 1.29 is 26.7 Å². The highest BCUT2D eigenvalue weighted by Crippen LogP contribution is 2.29. The van der Waals surface area contributed by atoms with Gasteiger partial charge in [0.1, 0.15) is 4.90 Å². The molecule has 0 aliphatic carbocycles. The molecule has 0 aliphatic rings. The van der Waals surface area contributed by atoms with E-state index in [4.69, 9.17) is 16.3 Å². The van der Waals surface area contributed by atoms with Crippen LogP contribution in [0.1, 0.15) is 5.56 Å². The standard InChI is InChI=1S/C16H16ClF2NO4S/c1-23-14-10-11(6-7-13(14)24-16(18)19)8-9-20-25(21,22)15-5-3-2-4-12(15)17/h2-7,10,16,20H,8-9H2,1H3. The van der Waals surface area contributed by atoms with E-state index in [0.717, 1.165) is 0 Å². The Kier molecular flexibility index (Phi) is 6.57. The first-order chi connectivity index (χ1) is 11.8. The average Bonchev–Trinajstić information content (AvgIpc) is 2.55. The molecular formula is C16H16ClF2NO4S. The van der Waals surface area contributed by atoms with Gasteiger partial charge in [0.2, 0.25) is 10.0 Å². The van der Waals surface area contributed by atoms with Crippen LogP contribution in [0.4, 0.5) is 8.78 Å². The maximum atomic E-state index is 12.3. The zero-order valence-corrected chi connectivity index (χ0v) is 14.8. The number of halogens is 3.